The second-order valence-electron chi connectivity index (χ2n) is 5.94. The van der Waals surface area contributed by atoms with Crippen molar-refractivity contribution in [2.24, 2.45) is 0 Å². The molecule has 23 heavy (non-hydrogen) atoms. The van der Waals surface area contributed by atoms with E-state index in [4.69, 9.17) is 0 Å². The molecule has 0 saturated carbocycles. The molecule has 0 unspecified atom stereocenters. The Labute approximate surface area is 143 Å². The molecule has 0 fully saturated rings. The second-order valence-corrected chi connectivity index (χ2v) is 5.94. The zero-order valence-electron chi connectivity index (χ0n) is 16.1. The maximum Gasteiger partial charge on any atom is 1.00 e. The molecule has 0 heterocycles. The van der Waals surface area contributed by atoms with Crippen molar-refractivity contribution in [1.82, 2.24) is 0 Å². The monoisotopic (exact) mass is 331 g/mol. The van der Waals surface area contributed by atoms with Gasteiger partial charge in [0.1, 0.15) is 0 Å². The molecule has 0 aromatic rings. The molecule has 5 heteroatoms. The lowest BCUT2D eigenvalue weighted by molar-refractivity contribution is -0.654. The van der Waals surface area contributed by atoms with Crippen LogP contribution in [0.25, 0.3) is 0 Å². The van der Waals surface area contributed by atoms with Crippen LogP contribution in [0.4, 0.5) is 0 Å². The summed E-state index contributed by atoms with van der Waals surface area (Å²) >= 11 is 0. The molecule has 0 aliphatic carbocycles. The van der Waals surface area contributed by atoms with Crippen LogP contribution in [0.2, 0.25) is 0 Å². The third kappa shape index (κ3) is 29.5. The van der Waals surface area contributed by atoms with Crippen molar-refractivity contribution in [2.75, 3.05) is 13.1 Å². The first-order valence-electron chi connectivity index (χ1n) is 9.25. The van der Waals surface area contributed by atoms with Gasteiger partial charge in [0.05, 0.1) is 13.1 Å². The lowest BCUT2D eigenvalue weighted by Gasteiger charge is -2.03. The summed E-state index contributed by atoms with van der Waals surface area (Å²) in [7, 11) is 0. The summed E-state index contributed by atoms with van der Waals surface area (Å²) in [5, 5.41) is 22.6. The van der Waals surface area contributed by atoms with E-state index >= 15 is 0 Å². The maximum atomic E-state index is 10.1. The van der Waals surface area contributed by atoms with Crippen LogP contribution in [0, 0.1) is 0 Å². The first kappa shape index (κ1) is 24.2. The standard InChI is InChI=1S/C12H22O4.C6H15N/c13-11(14)9-7-5-3-1-2-4-6-8-10-12(15)16;1-3-5-7-6-4-2/h1-10H2,(H,13,14)(H,15,16);7H,3-6H2,1-2H3. The largest absolute Gasteiger partial charge is 1.00 e. The number of nitrogens with two attached hydrogens (primary N) is 1. The van der Waals surface area contributed by atoms with E-state index in [1.807, 2.05) is 0 Å². The first-order valence-corrected chi connectivity index (χ1v) is 9.25. The molecule has 0 spiro atoms. The predicted molar refractivity (Wildman–Crippen MR) is 89.5 cm³/mol. The van der Waals surface area contributed by atoms with Gasteiger partial charge in [-0.15, -0.1) is 0 Å². The van der Waals surface area contributed by atoms with E-state index in [0.717, 1.165) is 38.5 Å². The summed E-state index contributed by atoms with van der Waals surface area (Å²) in [6, 6.07) is 0. The van der Waals surface area contributed by atoms with Gasteiger partial charge in [0.2, 0.25) is 0 Å². The topological polar surface area (TPSA) is 96.9 Å². The SMILES string of the molecule is CCC[NH2+]CCC.O=C([O-])CCCCCCCCCCC(=O)[O-].[H+]. The van der Waals surface area contributed by atoms with E-state index in [9.17, 15) is 19.8 Å². The number of rotatable bonds is 15. The number of carboxylic acid groups (broad SMARTS) is 2. The Bertz CT molecular complexity index is 250. The second kappa shape index (κ2) is 20.9. The highest BCUT2D eigenvalue weighted by Gasteiger charge is 1.93. The quantitative estimate of drug-likeness (QED) is 0.450. The molecule has 2 N–H and O–H groups in total. The number of unbranched alkanes of at least 4 members (excludes halogenated alkanes) is 7. The normalized spacial score (nSPS) is 10.0. The molecular weight excluding hydrogens is 294 g/mol. The summed E-state index contributed by atoms with van der Waals surface area (Å²) in [4.78, 5) is 20.2. The van der Waals surface area contributed by atoms with E-state index in [1.165, 1.54) is 25.9 Å². The van der Waals surface area contributed by atoms with Crippen molar-refractivity contribution >= 4 is 11.9 Å². The van der Waals surface area contributed by atoms with Crippen LogP contribution in [0.1, 0.15) is 92.3 Å². The minimum absolute atomic E-state index is 0. The molecule has 0 aromatic heterocycles. The molecule has 0 aromatic carbocycles. The van der Waals surface area contributed by atoms with E-state index < -0.39 is 11.9 Å². The average molecular weight is 331 g/mol. The fourth-order valence-corrected chi connectivity index (χ4v) is 2.15. The van der Waals surface area contributed by atoms with Gasteiger partial charge in [-0.1, -0.05) is 52.4 Å². The molecule has 0 rings (SSSR count). The molecule has 0 aliphatic rings. The number of carboxylic acids is 2. The molecule has 0 saturated heterocycles. The van der Waals surface area contributed by atoms with Crippen molar-refractivity contribution in [3.05, 3.63) is 0 Å². The van der Waals surface area contributed by atoms with Crippen LogP contribution in [0.15, 0.2) is 0 Å². The Hall–Kier alpha value is -1.10. The van der Waals surface area contributed by atoms with E-state index in [2.05, 4.69) is 19.2 Å². The van der Waals surface area contributed by atoms with Gasteiger partial charge in [-0.05, 0) is 38.5 Å². The summed E-state index contributed by atoms with van der Waals surface area (Å²) in [6.07, 6.45) is 10.5. The molecule has 0 radical (unpaired) electrons. The van der Waals surface area contributed by atoms with Crippen LogP contribution >= 0.6 is 0 Å². The van der Waals surface area contributed by atoms with Gasteiger partial charge in [0, 0.05) is 11.9 Å². The number of hydrogen-bond donors (Lipinski definition) is 1. The van der Waals surface area contributed by atoms with Gasteiger partial charge in [-0.3, -0.25) is 0 Å². The summed E-state index contributed by atoms with van der Waals surface area (Å²) in [6.45, 7) is 7.03. The number of carbonyl (C=O) groups excluding carboxylic acids is 2. The highest BCUT2D eigenvalue weighted by molar-refractivity contribution is 5.64. The molecular formula is C18H37NO4. The first-order chi connectivity index (χ1) is 11.0. The van der Waals surface area contributed by atoms with Crippen LogP contribution in [-0.2, 0) is 9.59 Å². The van der Waals surface area contributed by atoms with Gasteiger partial charge in [-0.25, -0.2) is 0 Å². The van der Waals surface area contributed by atoms with Crippen molar-refractivity contribution in [2.45, 2.75) is 90.9 Å². The minimum Gasteiger partial charge on any atom is -0.550 e. The summed E-state index contributed by atoms with van der Waals surface area (Å²) in [5.41, 5.74) is 0. The molecule has 138 valence electrons. The van der Waals surface area contributed by atoms with Crippen molar-refractivity contribution in [3.8, 4) is 0 Å². The van der Waals surface area contributed by atoms with Crippen molar-refractivity contribution in [3.63, 3.8) is 0 Å². The Kier molecular flexibility index (Phi) is 22.0. The van der Waals surface area contributed by atoms with Crippen molar-refractivity contribution in [1.29, 1.82) is 0 Å². The Morgan fingerprint density at radius 2 is 1.00 bits per heavy atom. The number of hydrogen-bond acceptors (Lipinski definition) is 4. The smallest absolute Gasteiger partial charge is 0.550 e. The Balaban J connectivity index is -0.000000468. The number of aliphatic carboxylic acids is 2. The molecule has 0 bridgehead atoms. The zero-order valence-corrected chi connectivity index (χ0v) is 15.1. The highest BCUT2D eigenvalue weighted by atomic mass is 16.4. The predicted octanol–water partition coefficient (Wildman–Crippen LogP) is 0.870. The van der Waals surface area contributed by atoms with Gasteiger partial charge in [0.25, 0.3) is 0 Å². The lowest BCUT2D eigenvalue weighted by Crippen LogP contribution is -2.84. The summed E-state index contributed by atoms with van der Waals surface area (Å²) in [5.74, 6) is -1.94. The Morgan fingerprint density at radius 3 is 1.26 bits per heavy atom. The highest BCUT2D eigenvalue weighted by Crippen LogP contribution is 2.10. The van der Waals surface area contributed by atoms with Gasteiger partial charge < -0.3 is 25.1 Å². The zero-order chi connectivity index (χ0) is 17.8. The van der Waals surface area contributed by atoms with Crippen LogP contribution in [0.3, 0.4) is 0 Å². The minimum atomic E-state index is -0.970. The van der Waals surface area contributed by atoms with Gasteiger partial charge in [0.15, 0.2) is 0 Å². The third-order valence-corrected chi connectivity index (χ3v) is 3.50. The van der Waals surface area contributed by atoms with Gasteiger partial charge >= 0.3 is 1.43 Å². The molecule has 0 amide bonds. The van der Waals surface area contributed by atoms with Crippen LogP contribution in [0.5, 0.6) is 0 Å². The fourth-order valence-electron chi connectivity index (χ4n) is 2.15. The van der Waals surface area contributed by atoms with E-state index in [1.54, 1.807) is 0 Å². The number of quaternary nitrogens is 1. The third-order valence-electron chi connectivity index (χ3n) is 3.50. The lowest BCUT2D eigenvalue weighted by atomic mass is 10.1. The average Bonchev–Trinajstić information content (AvgIpc) is 2.50. The maximum absolute atomic E-state index is 10.1. The molecule has 0 atom stereocenters. The van der Waals surface area contributed by atoms with E-state index in [-0.39, 0.29) is 14.3 Å². The van der Waals surface area contributed by atoms with Crippen LogP contribution < -0.4 is 15.5 Å². The molecule has 5 nitrogen and oxygen atoms in total. The van der Waals surface area contributed by atoms with Crippen LogP contribution in [-0.4, -0.2) is 25.0 Å². The summed E-state index contributed by atoms with van der Waals surface area (Å²) < 4.78 is 0. The molecule has 0 aliphatic heterocycles. The number of carbonyl (C=O) groups is 2. The fraction of sp³-hybridized carbons (Fsp3) is 0.889. The van der Waals surface area contributed by atoms with E-state index in [0.29, 0.717) is 12.8 Å². The Morgan fingerprint density at radius 1 is 0.696 bits per heavy atom. The van der Waals surface area contributed by atoms with Gasteiger partial charge in [-0.2, -0.15) is 0 Å². The van der Waals surface area contributed by atoms with Crippen molar-refractivity contribution < 1.29 is 26.5 Å².